The number of aromatic nitrogens is 1. The summed E-state index contributed by atoms with van der Waals surface area (Å²) in [5, 5.41) is 11.8. The average Bonchev–Trinajstić information content (AvgIpc) is 3.19. The zero-order valence-electron chi connectivity index (χ0n) is 33.0. The molecule has 0 saturated carbocycles. The van der Waals surface area contributed by atoms with Crippen LogP contribution in [0.3, 0.4) is 0 Å². The average molecular weight is 780 g/mol. The first kappa shape index (κ1) is 40.6. The number of nitrogens with one attached hydrogen (secondary N) is 4. The van der Waals surface area contributed by atoms with Crippen LogP contribution in [0.4, 0.5) is 26.7 Å². The molecule has 0 aliphatic carbocycles. The van der Waals surface area contributed by atoms with Crippen molar-refractivity contribution in [3.63, 3.8) is 0 Å². The van der Waals surface area contributed by atoms with Gasteiger partial charge in [0.15, 0.2) is 0 Å². The van der Waals surface area contributed by atoms with Crippen LogP contribution in [0, 0.1) is 0 Å². The van der Waals surface area contributed by atoms with Crippen molar-refractivity contribution in [1.29, 1.82) is 0 Å². The molecule has 3 heterocycles. The van der Waals surface area contributed by atoms with E-state index in [1.807, 2.05) is 63.2 Å². The number of likely N-dealkylation sites (tertiary alicyclic amines) is 1. The van der Waals surface area contributed by atoms with Gasteiger partial charge in [-0.05, 0) is 131 Å². The van der Waals surface area contributed by atoms with Gasteiger partial charge in [0.25, 0.3) is 5.91 Å². The van der Waals surface area contributed by atoms with E-state index in [0.29, 0.717) is 36.0 Å². The molecule has 4 amide bonds. The van der Waals surface area contributed by atoms with Gasteiger partial charge in [0.05, 0.1) is 0 Å². The first-order chi connectivity index (χ1) is 27.4. The fourth-order valence-electron chi connectivity index (χ4n) is 6.74. The van der Waals surface area contributed by atoms with Gasteiger partial charge in [-0.2, -0.15) is 0 Å². The number of piperidine rings is 2. The minimum atomic E-state index is -0.513. The Hall–Kier alpha value is -6.02. The Morgan fingerprint density at radius 2 is 1.47 bits per heavy atom. The fourth-order valence-corrected chi connectivity index (χ4v) is 6.74. The van der Waals surface area contributed by atoms with Crippen molar-refractivity contribution in [2.45, 2.75) is 83.1 Å². The lowest BCUT2D eigenvalue weighted by Gasteiger charge is -2.33. The van der Waals surface area contributed by atoms with Crippen LogP contribution in [0.1, 0.15) is 68.9 Å². The summed E-state index contributed by atoms with van der Waals surface area (Å²) in [4.78, 5) is 42.8. The summed E-state index contributed by atoms with van der Waals surface area (Å²) in [6.45, 7) is 7.68. The van der Waals surface area contributed by atoms with Crippen LogP contribution in [0.2, 0.25) is 0 Å². The number of aryl methyl sites for hydroxylation is 1. The summed E-state index contributed by atoms with van der Waals surface area (Å²) >= 11 is 0. The SMILES string of the molecule is CNC(=O)c1cc(Oc2ccc(NC(=O)Nc3ccc(OC4CCN[C@@H](CCc5cc(OC6CCN(C(=O)OC(C)(C)C)CC6)ccc5N)C4)cc3)cc2)ccn1. The summed E-state index contributed by atoms with van der Waals surface area (Å²) in [5.41, 5.74) is 9.14. The molecule has 57 heavy (non-hydrogen) atoms. The second-order valence-electron chi connectivity index (χ2n) is 15.3. The number of pyridine rings is 1. The van der Waals surface area contributed by atoms with Gasteiger partial charge in [-0.3, -0.25) is 9.78 Å². The number of carbonyl (C=O) groups is 3. The van der Waals surface area contributed by atoms with Gasteiger partial charge in [-0.1, -0.05) is 0 Å². The van der Waals surface area contributed by atoms with Crippen molar-refractivity contribution < 1.29 is 33.3 Å². The molecule has 14 nitrogen and oxygen atoms in total. The number of hydrogen-bond acceptors (Lipinski definition) is 10. The van der Waals surface area contributed by atoms with Crippen molar-refractivity contribution in [2.24, 2.45) is 0 Å². The van der Waals surface area contributed by atoms with Crippen molar-refractivity contribution in [2.75, 3.05) is 43.0 Å². The van der Waals surface area contributed by atoms with Crippen LogP contribution in [-0.2, 0) is 11.2 Å². The third kappa shape index (κ3) is 12.2. The van der Waals surface area contributed by atoms with Gasteiger partial charge in [-0.15, -0.1) is 0 Å². The molecule has 2 atom stereocenters. The highest BCUT2D eigenvalue weighted by Gasteiger charge is 2.28. The summed E-state index contributed by atoms with van der Waals surface area (Å²) < 4.78 is 24.0. The van der Waals surface area contributed by atoms with Gasteiger partial charge in [0, 0.05) is 68.3 Å². The number of urea groups is 1. The molecule has 0 spiro atoms. The molecular formula is C43H53N7O7. The molecule has 2 fully saturated rings. The molecule has 6 N–H and O–H groups in total. The van der Waals surface area contributed by atoms with Crippen molar-refractivity contribution in [3.8, 4) is 23.0 Å². The lowest BCUT2D eigenvalue weighted by atomic mass is 9.95. The molecule has 0 radical (unpaired) electrons. The maximum absolute atomic E-state index is 12.7. The molecule has 1 aromatic heterocycles. The second-order valence-corrected chi connectivity index (χ2v) is 15.3. The monoisotopic (exact) mass is 779 g/mol. The smallest absolute Gasteiger partial charge is 0.410 e. The summed E-state index contributed by atoms with van der Waals surface area (Å²) in [5.74, 6) is 2.24. The van der Waals surface area contributed by atoms with E-state index < -0.39 is 5.60 Å². The van der Waals surface area contributed by atoms with E-state index in [2.05, 4.69) is 26.3 Å². The highest BCUT2D eigenvalue weighted by atomic mass is 16.6. The van der Waals surface area contributed by atoms with E-state index in [4.69, 9.17) is 24.7 Å². The largest absolute Gasteiger partial charge is 0.490 e. The van der Waals surface area contributed by atoms with Gasteiger partial charge in [0.2, 0.25) is 0 Å². The Bertz CT molecular complexity index is 1980. The number of nitrogens with two attached hydrogens (primary N) is 1. The maximum Gasteiger partial charge on any atom is 0.410 e. The van der Waals surface area contributed by atoms with Gasteiger partial charge >= 0.3 is 12.1 Å². The molecule has 3 aromatic carbocycles. The van der Waals surface area contributed by atoms with Crippen LogP contribution in [0.15, 0.2) is 85.1 Å². The summed E-state index contributed by atoms with van der Waals surface area (Å²) in [6, 6.07) is 23.2. The minimum Gasteiger partial charge on any atom is -0.490 e. The Labute approximate surface area is 333 Å². The molecule has 2 saturated heterocycles. The topological polar surface area (TPSA) is 178 Å². The molecular weight excluding hydrogens is 727 g/mol. The maximum atomic E-state index is 12.7. The number of anilines is 3. The fraction of sp³-hybridized carbons (Fsp3) is 0.395. The Morgan fingerprint density at radius 3 is 2.14 bits per heavy atom. The Balaban J connectivity index is 0.918. The van der Waals surface area contributed by atoms with Crippen LogP contribution >= 0.6 is 0 Å². The summed E-state index contributed by atoms with van der Waals surface area (Å²) in [6.07, 6.45) is 6.25. The highest BCUT2D eigenvalue weighted by Crippen LogP contribution is 2.28. The first-order valence-electron chi connectivity index (χ1n) is 19.5. The van der Waals surface area contributed by atoms with Crippen molar-refractivity contribution >= 4 is 35.1 Å². The number of amides is 4. The molecule has 0 bridgehead atoms. The zero-order chi connectivity index (χ0) is 40.4. The van der Waals surface area contributed by atoms with Crippen LogP contribution in [0.25, 0.3) is 0 Å². The molecule has 2 aliphatic heterocycles. The predicted molar refractivity (Wildman–Crippen MR) is 219 cm³/mol. The van der Waals surface area contributed by atoms with E-state index >= 15 is 0 Å². The molecule has 6 rings (SSSR count). The third-order valence-corrected chi connectivity index (χ3v) is 9.67. The number of hydrogen-bond donors (Lipinski definition) is 5. The van der Waals surface area contributed by atoms with Gasteiger partial charge in [0.1, 0.15) is 46.5 Å². The number of carbonyl (C=O) groups excluding carboxylic acids is 3. The molecule has 14 heteroatoms. The minimum absolute atomic E-state index is 0.0259. The molecule has 4 aromatic rings. The van der Waals surface area contributed by atoms with Gasteiger partial charge < -0.3 is 50.8 Å². The summed E-state index contributed by atoms with van der Waals surface area (Å²) in [7, 11) is 1.54. The second kappa shape index (κ2) is 18.7. The first-order valence-corrected chi connectivity index (χ1v) is 19.5. The van der Waals surface area contributed by atoms with E-state index in [-0.39, 0.29) is 42.0 Å². The number of nitrogens with zero attached hydrogens (tertiary/aromatic N) is 2. The van der Waals surface area contributed by atoms with Crippen molar-refractivity contribution in [3.05, 3.63) is 96.3 Å². The zero-order valence-corrected chi connectivity index (χ0v) is 33.0. The van der Waals surface area contributed by atoms with Crippen molar-refractivity contribution in [1.82, 2.24) is 20.5 Å². The number of ether oxygens (including phenoxy) is 4. The number of nitrogen functional groups attached to an aromatic ring is 1. The normalized spacial score (nSPS) is 17.2. The van der Waals surface area contributed by atoms with Crippen LogP contribution < -0.4 is 41.2 Å². The van der Waals surface area contributed by atoms with Crippen LogP contribution in [0.5, 0.6) is 23.0 Å². The predicted octanol–water partition coefficient (Wildman–Crippen LogP) is 7.37. The Kier molecular flexibility index (Phi) is 13.4. The molecule has 1 unspecified atom stereocenters. The number of benzene rings is 3. The van der Waals surface area contributed by atoms with Crippen LogP contribution in [-0.4, -0.2) is 78.4 Å². The Morgan fingerprint density at radius 1 is 0.825 bits per heavy atom. The third-order valence-electron chi connectivity index (χ3n) is 9.67. The number of rotatable bonds is 12. The van der Waals surface area contributed by atoms with E-state index in [0.717, 1.165) is 67.8 Å². The van der Waals surface area contributed by atoms with E-state index in [1.54, 1.807) is 41.3 Å². The standard InChI is InChI=1S/C43H53N7O7/c1-43(2,3)57-42(53)50-23-19-34(20-24-50)56-35-15-16-38(44)28(25-35)5-6-31-26-36(17-21-46-31)54-32-11-7-29(8-12-32)48-41(52)49-30-9-13-33(14-10-30)55-37-18-22-47-39(27-37)40(51)45-4/h7-16,18,22,25,27,31,34,36,46H,5-6,17,19-21,23-24,26,44H2,1-4H3,(H,45,51)(H2,48,49,52)/t31-,36?/m0/s1. The lowest BCUT2D eigenvalue weighted by molar-refractivity contribution is 0.0126. The van der Waals surface area contributed by atoms with E-state index in [1.165, 1.54) is 13.2 Å². The van der Waals surface area contributed by atoms with Gasteiger partial charge in [-0.25, -0.2) is 9.59 Å². The lowest BCUT2D eigenvalue weighted by Crippen LogP contribution is -2.44. The highest BCUT2D eigenvalue weighted by molar-refractivity contribution is 5.99. The molecule has 2 aliphatic rings. The quantitative estimate of drug-likeness (QED) is 0.0912. The van der Waals surface area contributed by atoms with E-state index in [9.17, 15) is 14.4 Å². The molecule has 302 valence electrons.